The second kappa shape index (κ2) is 5.25. The summed E-state index contributed by atoms with van der Waals surface area (Å²) < 4.78 is 24.0. The van der Waals surface area contributed by atoms with Gasteiger partial charge in [-0.15, -0.1) is 0 Å². The van der Waals surface area contributed by atoms with Crippen molar-refractivity contribution >= 4 is 10.0 Å². The van der Waals surface area contributed by atoms with Gasteiger partial charge in [-0.3, -0.25) is 4.90 Å². The van der Waals surface area contributed by atoms with Gasteiger partial charge in [-0.05, 0) is 6.42 Å². The molecule has 1 aliphatic heterocycles. The lowest BCUT2D eigenvalue weighted by Gasteiger charge is -2.34. The lowest BCUT2D eigenvalue weighted by Crippen LogP contribution is -2.51. The highest BCUT2D eigenvalue weighted by atomic mass is 32.2. The molecule has 1 rings (SSSR count). The first-order chi connectivity index (χ1) is 6.93. The Morgan fingerprint density at radius 3 is 2.20 bits per heavy atom. The third-order valence-electron chi connectivity index (χ3n) is 2.82. The van der Waals surface area contributed by atoms with Crippen LogP contribution in [0.15, 0.2) is 0 Å². The fraction of sp³-hybridized carbons (Fsp3) is 1.00. The molecule has 1 unspecified atom stereocenters. The SMILES string of the molecule is CCC(N)CN1CCN(S(C)(=O)=O)CC1. The van der Waals surface area contributed by atoms with Gasteiger partial charge in [0.05, 0.1) is 6.26 Å². The second-order valence-electron chi connectivity index (χ2n) is 4.13. The predicted molar refractivity (Wildman–Crippen MR) is 61.1 cm³/mol. The fourth-order valence-corrected chi connectivity index (χ4v) is 2.53. The molecule has 1 heterocycles. The van der Waals surface area contributed by atoms with Crippen molar-refractivity contribution in [3.63, 3.8) is 0 Å². The van der Waals surface area contributed by atoms with Crippen LogP contribution >= 0.6 is 0 Å². The molecule has 1 saturated heterocycles. The van der Waals surface area contributed by atoms with E-state index in [1.807, 2.05) is 0 Å². The molecule has 1 aliphatic rings. The normalized spacial score (nSPS) is 22.9. The van der Waals surface area contributed by atoms with Crippen molar-refractivity contribution in [1.82, 2.24) is 9.21 Å². The molecule has 5 nitrogen and oxygen atoms in total. The van der Waals surface area contributed by atoms with Crippen molar-refractivity contribution in [2.45, 2.75) is 19.4 Å². The molecule has 15 heavy (non-hydrogen) atoms. The van der Waals surface area contributed by atoms with Crippen LogP contribution in [-0.4, -0.2) is 62.6 Å². The van der Waals surface area contributed by atoms with Gasteiger partial charge in [0.25, 0.3) is 0 Å². The van der Waals surface area contributed by atoms with E-state index in [9.17, 15) is 8.42 Å². The third-order valence-corrected chi connectivity index (χ3v) is 4.12. The number of rotatable bonds is 4. The lowest BCUT2D eigenvalue weighted by molar-refractivity contribution is 0.179. The van der Waals surface area contributed by atoms with Gasteiger partial charge in [-0.1, -0.05) is 6.92 Å². The van der Waals surface area contributed by atoms with Crippen molar-refractivity contribution in [2.75, 3.05) is 39.0 Å². The van der Waals surface area contributed by atoms with Crippen LogP contribution in [0.1, 0.15) is 13.3 Å². The number of nitrogens with zero attached hydrogens (tertiary/aromatic N) is 2. The van der Waals surface area contributed by atoms with E-state index in [-0.39, 0.29) is 6.04 Å². The highest BCUT2D eigenvalue weighted by molar-refractivity contribution is 7.88. The summed E-state index contributed by atoms with van der Waals surface area (Å²) in [5.41, 5.74) is 5.85. The van der Waals surface area contributed by atoms with E-state index in [4.69, 9.17) is 5.73 Å². The summed E-state index contributed by atoms with van der Waals surface area (Å²) in [5, 5.41) is 0. The summed E-state index contributed by atoms with van der Waals surface area (Å²) in [4.78, 5) is 2.23. The maximum atomic E-state index is 11.3. The number of sulfonamides is 1. The first-order valence-corrected chi connectivity index (χ1v) is 7.21. The molecule has 90 valence electrons. The minimum Gasteiger partial charge on any atom is -0.327 e. The van der Waals surface area contributed by atoms with Crippen molar-refractivity contribution in [1.29, 1.82) is 0 Å². The maximum Gasteiger partial charge on any atom is 0.211 e. The number of nitrogens with two attached hydrogens (primary N) is 1. The van der Waals surface area contributed by atoms with Crippen LogP contribution in [0.4, 0.5) is 0 Å². The molecule has 0 bridgehead atoms. The summed E-state index contributed by atoms with van der Waals surface area (Å²) in [5.74, 6) is 0. The molecule has 2 N–H and O–H groups in total. The summed E-state index contributed by atoms with van der Waals surface area (Å²) in [7, 11) is -3.01. The van der Waals surface area contributed by atoms with Gasteiger partial charge in [-0.25, -0.2) is 8.42 Å². The number of hydrogen-bond acceptors (Lipinski definition) is 4. The Balaban J connectivity index is 2.36. The fourth-order valence-electron chi connectivity index (χ4n) is 1.70. The Morgan fingerprint density at radius 2 is 1.80 bits per heavy atom. The van der Waals surface area contributed by atoms with E-state index in [1.54, 1.807) is 0 Å². The minimum absolute atomic E-state index is 0.204. The van der Waals surface area contributed by atoms with Crippen LogP contribution < -0.4 is 5.73 Å². The highest BCUT2D eigenvalue weighted by Crippen LogP contribution is 2.06. The van der Waals surface area contributed by atoms with Gasteiger partial charge in [0.2, 0.25) is 10.0 Å². The van der Waals surface area contributed by atoms with Gasteiger partial charge in [0.15, 0.2) is 0 Å². The molecule has 0 aromatic rings. The van der Waals surface area contributed by atoms with Crippen molar-refractivity contribution < 1.29 is 8.42 Å². The molecule has 0 aromatic carbocycles. The van der Waals surface area contributed by atoms with Gasteiger partial charge >= 0.3 is 0 Å². The van der Waals surface area contributed by atoms with Crippen LogP contribution in [0.2, 0.25) is 0 Å². The zero-order valence-electron chi connectivity index (χ0n) is 9.52. The largest absolute Gasteiger partial charge is 0.327 e. The number of piperazine rings is 1. The summed E-state index contributed by atoms with van der Waals surface area (Å²) in [6.45, 7) is 5.71. The highest BCUT2D eigenvalue weighted by Gasteiger charge is 2.23. The Morgan fingerprint density at radius 1 is 1.27 bits per heavy atom. The lowest BCUT2D eigenvalue weighted by atomic mass is 10.2. The van der Waals surface area contributed by atoms with Crippen LogP contribution in [0.25, 0.3) is 0 Å². The van der Waals surface area contributed by atoms with Crippen molar-refractivity contribution in [3.8, 4) is 0 Å². The molecule has 0 saturated carbocycles. The topological polar surface area (TPSA) is 66.6 Å². The zero-order chi connectivity index (χ0) is 11.5. The zero-order valence-corrected chi connectivity index (χ0v) is 10.3. The second-order valence-corrected chi connectivity index (χ2v) is 6.11. The molecule has 1 atom stereocenters. The maximum absolute atomic E-state index is 11.3. The van der Waals surface area contributed by atoms with Gasteiger partial charge in [-0.2, -0.15) is 4.31 Å². The quantitative estimate of drug-likeness (QED) is 0.700. The molecule has 0 radical (unpaired) electrons. The van der Waals surface area contributed by atoms with E-state index in [2.05, 4.69) is 11.8 Å². The molecule has 0 spiro atoms. The Kier molecular flexibility index (Phi) is 4.51. The third kappa shape index (κ3) is 4.06. The summed E-state index contributed by atoms with van der Waals surface area (Å²) in [6.07, 6.45) is 2.23. The van der Waals surface area contributed by atoms with Crippen molar-refractivity contribution in [3.05, 3.63) is 0 Å². The standard InChI is InChI=1S/C9H21N3O2S/c1-3-9(10)8-11-4-6-12(7-5-11)15(2,13)14/h9H,3-8,10H2,1-2H3. The summed E-state index contributed by atoms with van der Waals surface area (Å²) >= 11 is 0. The van der Waals surface area contributed by atoms with Crippen LogP contribution in [0, 0.1) is 0 Å². The molecule has 6 heteroatoms. The van der Waals surface area contributed by atoms with E-state index in [1.165, 1.54) is 10.6 Å². The van der Waals surface area contributed by atoms with E-state index in [0.29, 0.717) is 13.1 Å². The Bertz CT molecular complexity index is 284. The smallest absolute Gasteiger partial charge is 0.211 e. The average molecular weight is 235 g/mol. The molecular formula is C9H21N3O2S. The van der Waals surface area contributed by atoms with Gasteiger partial charge < -0.3 is 5.73 Å². The Hall–Kier alpha value is -0.170. The monoisotopic (exact) mass is 235 g/mol. The van der Waals surface area contributed by atoms with E-state index >= 15 is 0 Å². The average Bonchev–Trinajstić information content (AvgIpc) is 2.17. The van der Waals surface area contributed by atoms with Crippen LogP contribution in [0.3, 0.4) is 0 Å². The number of hydrogen-bond donors (Lipinski definition) is 1. The Labute approximate surface area is 92.3 Å². The predicted octanol–water partition coefficient (Wildman–Crippen LogP) is -0.699. The van der Waals surface area contributed by atoms with E-state index < -0.39 is 10.0 Å². The van der Waals surface area contributed by atoms with E-state index in [0.717, 1.165) is 26.1 Å². The first-order valence-electron chi connectivity index (χ1n) is 5.36. The molecule has 0 aromatic heterocycles. The minimum atomic E-state index is -3.01. The van der Waals surface area contributed by atoms with Crippen LogP contribution in [0.5, 0.6) is 0 Å². The van der Waals surface area contributed by atoms with Crippen LogP contribution in [-0.2, 0) is 10.0 Å². The molecular weight excluding hydrogens is 214 g/mol. The molecule has 1 fully saturated rings. The molecule has 0 amide bonds. The van der Waals surface area contributed by atoms with Gasteiger partial charge in [0, 0.05) is 38.8 Å². The molecule has 0 aliphatic carbocycles. The summed E-state index contributed by atoms with van der Waals surface area (Å²) in [6, 6.07) is 0.204. The van der Waals surface area contributed by atoms with Gasteiger partial charge in [0.1, 0.15) is 0 Å². The van der Waals surface area contributed by atoms with Crippen molar-refractivity contribution in [2.24, 2.45) is 5.73 Å². The first kappa shape index (κ1) is 12.9.